The number of benzene rings is 3. The molecular formula is C18H11NOS2. The Labute approximate surface area is 135 Å². The molecule has 106 valence electrons. The number of rotatable bonds is 2. The maximum absolute atomic E-state index is 12.6. The molecule has 0 bridgehead atoms. The number of nitrogens with zero attached hydrogens (tertiary/aromatic N) is 1. The predicted molar refractivity (Wildman–Crippen MR) is 93.8 cm³/mol. The van der Waals surface area contributed by atoms with E-state index in [0.717, 1.165) is 30.9 Å². The van der Waals surface area contributed by atoms with Crippen molar-refractivity contribution in [1.29, 1.82) is 0 Å². The highest BCUT2D eigenvalue weighted by Crippen LogP contribution is 2.32. The van der Waals surface area contributed by atoms with E-state index in [1.54, 1.807) is 11.3 Å². The maximum Gasteiger partial charge on any atom is 0.226 e. The van der Waals surface area contributed by atoms with E-state index in [1.165, 1.54) is 11.8 Å². The Morgan fingerprint density at radius 3 is 2.59 bits per heavy atom. The first kappa shape index (κ1) is 13.5. The summed E-state index contributed by atoms with van der Waals surface area (Å²) in [7, 11) is 0. The summed E-state index contributed by atoms with van der Waals surface area (Å²) in [4.78, 5) is 17.2. The molecule has 0 spiro atoms. The highest BCUT2D eigenvalue weighted by molar-refractivity contribution is 8.15. The lowest BCUT2D eigenvalue weighted by Gasteiger charge is -2.03. The first-order valence-electron chi connectivity index (χ1n) is 6.87. The van der Waals surface area contributed by atoms with Crippen LogP contribution in [0.25, 0.3) is 21.0 Å². The van der Waals surface area contributed by atoms with Gasteiger partial charge in [-0.3, -0.25) is 4.79 Å². The third-order valence-corrected chi connectivity index (χ3v) is 5.47. The molecule has 0 radical (unpaired) electrons. The van der Waals surface area contributed by atoms with Crippen molar-refractivity contribution < 1.29 is 4.79 Å². The van der Waals surface area contributed by atoms with Crippen LogP contribution in [0.15, 0.2) is 71.1 Å². The van der Waals surface area contributed by atoms with Crippen LogP contribution < -0.4 is 0 Å². The van der Waals surface area contributed by atoms with Crippen LogP contribution in [0, 0.1) is 0 Å². The molecule has 4 rings (SSSR count). The van der Waals surface area contributed by atoms with Crippen LogP contribution in [0.2, 0.25) is 0 Å². The van der Waals surface area contributed by atoms with Crippen molar-refractivity contribution in [3.8, 4) is 0 Å². The van der Waals surface area contributed by atoms with Gasteiger partial charge in [-0.25, -0.2) is 4.98 Å². The van der Waals surface area contributed by atoms with E-state index in [9.17, 15) is 4.79 Å². The number of para-hydroxylation sites is 1. The van der Waals surface area contributed by atoms with Crippen molar-refractivity contribution in [1.82, 2.24) is 4.98 Å². The number of thiazole rings is 1. The number of hydrogen-bond acceptors (Lipinski definition) is 4. The van der Waals surface area contributed by atoms with Crippen LogP contribution >= 0.6 is 23.1 Å². The van der Waals surface area contributed by atoms with Crippen molar-refractivity contribution in [3.63, 3.8) is 0 Å². The number of thioether (sulfide) groups is 1. The summed E-state index contributed by atoms with van der Waals surface area (Å²) < 4.78 is 1.90. The summed E-state index contributed by atoms with van der Waals surface area (Å²) in [5.74, 6) is 0. The van der Waals surface area contributed by atoms with E-state index in [-0.39, 0.29) is 5.12 Å². The van der Waals surface area contributed by atoms with Crippen LogP contribution in [0.4, 0.5) is 0 Å². The van der Waals surface area contributed by atoms with E-state index >= 15 is 0 Å². The van der Waals surface area contributed by atoms with E-state index in [1.807, 2.05) is 66.7 Å². The average molecular weight is 321 g/mol. The van der Waals surface area contributed by atoms with E-state index in [0.29, 0.717) is 0 Å². The molecule has 1 heterocycles. The Kier molecular flexibility index (Phi) is 3.41. The molecule has 0 aliphatic carbocycles. The standard InChI is InChI=1S/C18H11NOS2/c20-17(14-9-5-7-12-6-1-2-8-13(12)14)22-18-19-15-10-3-4-11-16(15)21-18/h1-11H. The molecule has 0 saturated heterocycles. The second-order valence-electron chi connectivity index (χ2n) is 4.86. The van der Waals surface area contributed by atoms with Gasteiger partial charge in [0.2, 0.25) is 5.12 Å². The maximum atomic E-state index is 12.6. The zero-order valence-electron chi connectivity index (χ0n) is 11.5. The molecule has 0 N–H and O–H groups in total. The highest BCUT2D eigenvalue weighted by Gasteiger charge is 2.14. The molecule has 0 fully saturated rings. The largest absolute Gasteiger partial charge is 0.281 e. The number of aromatic nitrogens is 1. The Balaban J connectivity index is 1.71. The third-order valence-electron chi connectivity index (χ3n) is 3.46. The summed E-state index contributed by atoms with van der Waals surface area (Å²) >= 11 is 2.76. The summed E-state index contributed by atoms with van der Waals surface area (Å²) in [6.07, 6.45) is 0. The van der Waals surface area contributed by atoms with Crippen molar-refractivity contribution in [3.05, 3.63) is 72.3 Å². The molecule has 0 aliphatic rings. The minimum atomic E-state index is 0.0378. The smallest absolute Gasteiger partial charge is 0.226 e. The van der Waals surface area contributed by atoms with Crippen LogP contribution in [0.3, 0.4) is 0 Å². The van der Waals surface area contributed by atoms with Crippen LogP contribution in [-0.4, -0.2) is 10.1 Å². The van der Waals surface area contributed by atoms with E-state index in [2.05, 4.69) is 4.98 Å². The van der Waals surface area contributed by atoms with Crippen molar-refractivity contribution in [2.45, 2.75) is 4.34 Å². The second kappa shape index (κ2) is 5.55. The van der Waals surface area contributed by atoms with Gasteiger partial charge in [0.1, 0.15) is 0 Å². The van der Waals surface area contributed by atoms with Gasteiger partial charge in [-0.05, 0) is 40.7 Å². The van der Waals surface area contributed by atoms with Crippen molar-refractivity contribution in [2.75, 3.05) is 0 Å². The van der Waals surface area contributed by atoms with Gasteiger partial charge in [0.15, 0.2) is 4.34 Å². The fourth-order valence-electron chi connectivity index (χ4n) is 2.43. The minimum absolute atomic E-state index is 0.0378. The fraction of sp³-hybridized carbons (Fsp3) is 0. The monoisotopic (exact) mass is 321 g/mol. The second-order valence-corrected chi connectivity index (χ2v) is 7.11. The molecule has 0 aliphatic heterocycles. The van der Waals surface area contributed by atoms with Gasteiger partial charge in [0.05, 0.1) is 10.2 Å². The molecule has 22 heavy (non-hydrogen) atoms. The Morgan fingerprint density at radius 1 is 0.909 bits per heavy atom. The summed E-state index contributed by atoms with van der Waals surface area (Å²) in [5, 5.41) is 2.11. The zero-order chi connectivity index (χ0) is 14.9. The molecular weight excluding hydrogens is 310 g/mol. The first-order valence-corrected chi connectivity index (χ1v) is 8.50. The Morgan fingerprint density at radius 2 is 1.68 bits per heavy atom. The van der Waals surface area contributed by atoms with Gasteiger partial charge in [-0.2, -0.15) is 0 Å². The van der Waals surface area contributed by atoms with Crippen LogP contribution in [0.1, 0.15) is 10.4 Å². The summed E-state index contributed by atoms with van der Waals surface area (Å²) in [6.45, 7) is 0. The van der Waals surface area contributed by atoms with Crippen molar-refractivity contribution in [2.24, 2.45) is 0 Å². The molecule has 4 heteroatoms. The zero-order valence-corrected chi connectivity index (χ0v) is 13.2. The lowest BCUT2D eigenvalue weighted by atomic mass is 10.1. The van der Waals surface area contributed by atoms with Crippen LogP contribution in [0.5, 0.6) is 0 Å². The molecule has 0 atom stereocenters. The number of hydrogen-bond donors (Lipinski definition) is 0. The number of carbonyl (C=O) groups is 1. The molecule has 0 amide bonds. The van der Waals surface area contributed by atoms with E-state index < -0.39 is 0 Å². The van der Waals surface area contributed by atoms with E-state index in [4.69, 9.17) is 0 Å². The lowest BCUT2D eigenvalue weighted by Crippen LogP contribution is -1.94. The van der Waals surface area contributed by atoms with Gasteiger partial charge < -0.3 is 0 Å². The number of fused-ring (bicyclic) bond motifs is 2. The van der Waals surface area contributed by atoms with Crippen molar-refractivity contribution >= 4 is 49.2 Å². The first-order chi connectivity index (χ1) is 10.8. The normalized spacial score (nSPS) is 11.1. The van der Waals surface area contributed by atoms with Crippen LogP contribution in [-0.2, 0) is 0 Å². The molecule has 4 aromatic rings. The SMILES string of the molecule is O=C(Sc1nc2ccccc2s1)c1cccc2ccccc12. The van der Waals surface area contributed by atoms with Gasteiger partial charge >= 0.3 is 0 Å². The molecule has 1 aromatic heterocycles. The average Bonchev–Trinajstić information content (AvgIpc) is 2.96. The van der Waals surface area contributed by atoms with Gasteiger partial charge in [-0.1, -0.05) is 48.5 Å². The highest BCUT2D eigenvalue weighted by atomic mass is 32.2. The summed E-state index contributed by atoms with van der Waals surface area (Å²) in [6, 6.07) is 21.7. The molecule has 2 nitrogen and oxygen atoms in total. The number of carbonyl (C=O) groups excluding carboxylic acids is 1. The molecule has 3 aromatic carbocycles. The van der Waals surface area contributed by atoms with Gasteiger partial charge in [-0.15, -0.1) is 11.3 Å². The quantitative estimate of drug-likeness (QED) is 0.464. The van der Waals surface area contributed by atoms with Gasteiger partial charge in [0, 0.05) is 5.56 Å². The lowest BCUT2D eigenvalue weighted by molar-refractivity contribution is 0.109. The Bertz CT molecular complexity index is 952. The van der Waals surface area contributed by atoms with Gasteiger partial charge in [0.25, 0.3) is 0 Å². The summed E-state index contributed by atoms with van der Waals surface area (Å²) in [5.41, 5.74) is 1.68. The Hall–Kier alpha value is -2.17. The third kappa shape index (κ3) is 2.40. The predicted octanol–water partition coefficient (Wildman–Crippen LogP) is 5.38. The molecule has 0 unspecified atom stereocenters. The fourth-order valence-corrected chi connectivity index (χ4v) is 4.38. The molecule has 0 saturated carbocycles. The minimum Gasteiger partial charge on any atom is -0.281 e. The topological polar surface area (TPSA) is 30.0 Å².